The fourth-order valence-corrected chi connectivity index (χ4v) is 0.638. The van der Waals surface area contributed by atoms with Crippen LogP contribution in [0.5, 0.6) is 0 Å². The number of carboxylic acid groups (broad SMARTS) is 1. The van der Waals surface area contributed by atoms with Crippen LogP contribution in [0.1, 0.15) is 5.89 Å². The maximum atomic E-state index is 10.0. The first-order valence-corrected chi connectivity index (χ1v) is 2.88. The van der Waals surface area contributed by atoms with Gasteiger partial charge in [0, 0.05) is 0 Å². The summed E-state index contributed by atoms with van der Waals surface area (Å²) in [5.74, 6) is -0.865. The van der Waals surface area contributed by atoms with Gasteiger partial charge < -0.3 is 9.52 Å². The third-order valence-corrected chi connectivity index (χ3v) is 1.000. The fourth-order valence-electron chi connectivity index (χ4n) is 0.499. The van der Waals surface area contributed by atoms with Crippen LogP contribution >= 0.6 is 11.6 Å². The van der Waals surface area contributed by atoms with Crippen LogP contribution in [0.15, 0.2) is 10.7 Å². The summed E-state index contributed by atoms with van der Waals surface area (Å²) in [4.78, 5) is 13.6. The molecule has 1 rings (SSSR count). The Labute approximate surface area is 61.4 Å². The highest BCUT2D eigenvalue weighted by Gasteiger charge is 2.05. The van der Waals surface area contributed by atoms with E-state index in [2.05, 4.69) is 9.40 Å². The molecule has 1 aromatic heterocycles. The molecule has 0 aromatic carbocycles. The van der Waals surface area contributed by atoms with Gasteiger partial charge in [-0.3, -0.25) is 4.79 Å². The molecule has 10 heavy (non-hydrogen) atoms. The van der Waals surface area contributed by atoms with Crippen molar-refractivity contribution in [1.82, 2.24) is 4.98 Å². The Bertz CT molecular complexity index is 245. The van der Waals surface area contributed by atoms with E-state index in [1.807, 2.05) is 0 Å². The van der Waals surface area contributed by atoms with Gasteiger partial charge >= 0.3 is 5.97 Å². The third-order valence-electron chi connectivity index (χ3n) is 0.826. The lowest BCUT2D eigenvalue weighted by molar-refractivity contribution is -0.136. The summed E-state index contributed by atoms with van der Waals surface area (Å²) in [5, 5.41) is 8.41. The average molecular weight is 162 g/mol. The van der Waals surface area contributed by atoms with Crippen molar-refractivity contribution in [3.05, 3.63) is 17.3 Å². The van der Waals surface area contributed by atoms with Crippen LogP contribution in [-0.2, 0) is 11.2 Å². The van der Waals surface area contributed by atoms with Crippen molar-refractivity contribution in [2.75, 3.05) is 0 Å². The van der Waals surface area contributed by atoms with Crippen molar-refractivity contribution in [2.24, 2.45) is 0 Å². The van der Waals surface area contributed by atoms with Gasteiger partial charge in [-0.15, -0.1) is 0 Å². The van der Waals surface area contributed by atoms with Crippen LogP contribution in [0.25, 0.3) is 0 Å². The first-order chi connectivity index (χ1) is 4.68. The molecule has 0 aliphatic heterocycles. The summed E-state index contributed by atoms with van der Waals surface area (Å²) in [7, 11) is 0. The van der Waals surface area contributed by atoms with Crippen molar-refractivity contribution in [3.8, 4) is 0 Å². The van der Waals surface area contributed by atoms with Gasteiger partial charge in [0.2, 0.25) is 5.89 Å². The number of hydrogen-bond acceptors (Lipinski definition) is 3. The number of oxazole rings is 1. The molecule has 0 radical (unpaired) electrons. The monoisotopic (exact) mass is 161 g/mol. The fraction of sp³-hybridized carbons (Fsp3) is 0.200. The second kappa shape index (κ2) is 2.70. The largest absolute Gasteiger partial charge is 0.481 e. The van der Waals surface area contributed by atoms with E-state index in [4.69, 9.17) is 16.7 Å². The van der Waals surface area contributed by atoms with Gasteiger partial charge in [0.25, 0.3) is 0 Å². The van der Waals surface area contributed by atoms with E-state index in [-0.39, 0.29) is 17.5 Å². The van der Waals surface area contributed by atoms with E-state index in [0.717, 1.165) is 0 Å². The Kier molecular flexibility index (Phi) is 1.91. The zero-order chi connectivity index (χ0) is 7.56. The van der Waals surface area contributed by atoms with E-state index >= 15 is 0 Å². The molecular weight excluding hydrogens is 158 g/mol. The maximum Gasteiger partial charge on any atom is 0.312 e. The minimum atomic E-state index is -0.987. The van der Waals surface area contributed by atoms with Gasteiger partial charge in [0.1, 0.15) is 12.7 Å². The molecule has 1 heterocycles. The Morgan fingerprint density at radius 1 is 1.90 bits per heavy atom. The molecule has 0 aliphatic carbocycles. The zero-order valence-electron chi connectivity index (χ0n) is 4.87. The van der Waals surface area contributed by atoms with E-state index in [1.165, 1.54) is 6.26 Å². The zero-order valence-corrected chi connectivity index (χ0v) is 5.63. The van der Waals surface area contributed by atoms with Gasteiger partial charge in [-0.05, 0) is 0 Å². The highest BCUT2D eigenvalue weighted by molar-refractivity contribution is 6.29. The van der Waals surface area contributed by atoms with E-state index in [0.29, 0.717) is 0 Å². The third kappa shape index (κ3) is 1.73. The van der Waals surface area contributed by atoms with Crippen LogP contribution in [0.4, 0.5) is 0 Å². The number of aromatic nitrogens is 1. The number of carbonyl (C=O) groups is 1. The van der Waals surface area contributed by atoms with Crippen LogP contribution in [0, 0.1) is 0 Å². The lowest BCUT2D eigenvalue weighted by Gasteiger charge is -1.83. The van der Waals surface area contributed by atoms with Gasteiger partial charge in [-0.1, -0.05) is 11.6 Å². The van der Waals surface area contributed by atoms with Gasteiger partial charge in [-0.2, -0.15) is 0 Å². The standard InChI is InChI=1S/C5H4ClNO3/c6-3-2-10-4(7-3)1-5(8)9/h2H,1H2,(H,8,9). The smallest absolute Gasteiger partial charge is 0.312 e. The molecule has 0 fully saturated rings. The van der Waals surface area contributed by atoms with E-state index in [1.54, 1.807) is 0 Å². The molecule has 0 amide bonds. The van der Waals surface area contributed by atoms with Crippen LogP contribution < -0.4 is 0 Å². The normalized spacial score (nSPS) is 9.70. The molecule has 0 aliphatic rings. The number of hydrogen-bond donors (Lipinski definition) is 1. The summed E-state index contributed by atoms with van der Waals surface area (Å²) in [6.45, 7) is 0. The van der Waals surface area contributed by atoms with Crippen molar-refractivity contribution in [1.29, 1.82) is 0 Å². The topological polar surface area (TPSA) is 63.3 Å². The second-order valence-electron chi connectivity index (χ2n) is 1.63. The summed E-state index contributed by atoms with van der Waals surface area (Å²) in [6, 6.07) is 0. The predicted octanol–water partition coefficient (Wildman–Crippen LogP) is 0.955. The number of nitrogens with zero attached hydrogens (tertiary/aromatic N) is 1. The minimum absolute atomic E-state index is 0.123. The molecule has 1 aromatic rings. The molecule has 0 spiro atoms. The Morgan fingerprint density at radius 2 is 2.60 bits per heavy atom. The molecule has 4 nitrogen and oxygen atoms in total. The highest BCUT2D eigenvalue weighted by atomic mass is 35.5. The minimum Gasteiger partial charge on any atom is -0.481 e. The number of carboxylic acids is 1. The molecule has 1 N–H and O–H groups in total. The number of rotatable bonds is 2. The Morgan fingerprint density at radius 3 is 3.00 bits per heavy atom. The molecule has 5 heteroatoms. The summed E-state index contributed by atoms with van der Waals surface area (Å²) in [6.07, 6.45) is 0.965. The van der Waals surface area contributed by atoms with Crippen molar-refractivity contribution < 1.29 is 14.3 Å². The summed E-state index contributed by atoms with van der Waals surface area (Å²) < 4.78 is 4.65. The summed E-state index contributed by atoms with van der Waals surface area (Å²) >= 11 is 5.35. The van der Waals surface area contributed by atoms with Crippen molar-refractivity contribution >= 4 is 17.6 Å². The Balaban J connectivity index is 2.67. The molecule has 0 atom stereocenters. The first-order valence-electron chi connectivity index (χ1n) is 2.50. The first kappa shape index (κ1) is 7.08. The molecule has 54 valence electrons. The quantitative estimate of drug-likeness (QED) is 0.702. The van der Waals surface area contributed by atoms with Crippen LogP contribution in [-0.4, -0.2) is 16.1 Å². The molecule has 0 saturated carbocycles. The predicted molar refractivity (Wildman–Crippen MR) is 32.9 cm³/mol. The Hall–Kier alpha value is -1.03. The second-order valence-corrected chi connectivity index (χ2v) is 2.02. The van der Waals surface area contributed by atoms with Crippen LogP contribution in [0.3, 0.4) is 0 Å². The summed E-state index contributed by atoms with van der Waals surface area (Å²) in [5.41, 5.74) is 0. The van der Waals surface area contributed by atoms with Gasteiger partial charge in [-0.25, -0.2) is 4.98 Å². The average Bonchev–Trinajstić information content (AvgIpc) is 2.13. The SMILES string of the molecule is O=C(O)Cc1nc(Cl)co1. The van der Waals surface area contributed by atoms with E-state index < -0.39 is 5.97 Å². The van der Waals surface area contributed by atoms with Gasteiger partial charge in [0.05, 0.1) is 0 Å². The lowest BCUT2D eigenvalue weighted by atomic mass is 10.4. The van der Waals surface area contributed by atoms with Crippen molar-refractivity contribution in [2.45, 2.75) is 6.42 Å². The van der Waals surface area contributed by atoms with E-state index in [9.17, 15) is 4.79 Å². The molecule has 0 saturated heterocycles. The molecule has 0 unspecified atom stereocenters. The lowest BCUT2D eigenvalue weighted by Crippen LogP contribution is -1.99. The maximum absolute atomic E-state index is 10.0. The number of halogens is 1. The molecular formula is C5H4ClNO3. The highest BCUT2D eigenvalue weighted by Crippen LogP contribution is 2.07. The van der Waals surface area contributed by atoms with Crippen LogP contribution in [0.2, 0.25) is 5.15 Å². The number of aliphatic carboxylic acids is 1. The van der Waals surface area contributed by atoms with Crippen molar-refractivity contribution in [3.63, 3.8) is 0 Å². The van der Waals surface area contributed by atoms with Gasteiger partial charge in [0.15, 0.2) is 5.15 Å². The molecule has 0 bridgehead atoms.